The smallest absolute Gasteiger partial charge is 0.327 e. The lowest BCUT2D eigenvalue weighted by molar-refractivity contribution is 0.131. The molecule has 3 heterocycles. The van der Waals surface area contributed by atoms with Crippen molar-refractivity contribution in [2.45, 2.75) is 38.5 Å². The number of aliphatic imine (C=N–C) groups is 1. The van der Waals surface area contributed by atoms with Gasteiger partial charge < -0.3 is 14.6 Å². The van der Waals surface area contributed by atoms with Crippen molar-refractivity contribution in [3.63, 3.8) is 0 Å². The predicted octanol–water partition coefficient (Wildman–Crippen LogP) is 4.60. The molecule has 35 heavy (non-hydrogen) atoms. The maximum absolute atomic E-state index is 14.5. The standard InChI is InChI=1S/C26H27ClFN3O4/c1-2-30-23-19(22-25(35-22)31(26(30)33)12-5-13-32)15-17(14-16-8-10-18(27)11-9-16)24(29-23)34-21-7-4-3-6-20(21)28/h3-4,6-11,17,22,25,32H,2,5,12-15H2,1H3. The van der Waals surface area contributed by atoms with Crippen LogP contribution in [0.25, 0.3) is 0 Å². The maximum Gasteiger partial charge on any atom is 0.327 e. The van der Waals surface area contributed by atoms with Gasteiger partial charge in [0.1, 0.15) is 11.9 Å². The monoisotopic (exact) mass is 499 g/mol. The fourth-order valence-electron chi connectivity index (χ4n) is 4.70. The number of amides is 2. The topological polar surface area (TPSA) is 77.9 Å². The zero-order valence-electron chi connectivity index (χ0n) is 19.4. The number of epoxide rings is 1. The number of para-hydroxylation sites is 1. The fraction of sp³-hybridized carbons (Fsp3) is 0.385. The van der Waals surface area contributed by atoms with Crippen molar-refractivity contribution in [1.82, 2.24) is 9.80 Å². The number of hydrogen-bond acceptors (Lipinski definition) is 5. The van der Waals surface area contributed by atoms with Crippen molar-refractivity contribution in [2.24, 2.45) is 10.9 Å². The minimum Gasteiger partial charge on any atom is -0.440 e. The average molecular weight is 500 g/mol. The van der Waals surface area contributed by atoms with E-state index in [4.69, 9.17) is 26.1 Å². The number of ether oxygens (including phenoxy) is 2. The summed E-state index contributed by atoms with van der Waals surface area (Å²) in [7, 11) is 0. The molecule has 2 aromatic rings. The Hall–Kier alpha value is -2.94. The maximum atomic E-state index is 14.5. The van der Waals surface area contributed by atoms with Crippen molar-refractivity contribution < 1.29 is 23.8 Å². The SMILES string of the molecule is CCN1C(=O)N(CCCO)C2OC2C2=C1N=C(Oc1ccccc1F)C(Cc1ccc(Cl)cc1)C2. The molecule has 0 radical (unpaired) electrons. The minimum absolute atomic E-state index is 0.0115. The lowest BCUT2D eigenvalue weighted by Gasteiger charge is -2.31. The summed E-state index contributed by atoms with van der Waals surface area (Å²) in [4.78, 5) is 21.5. The number of rotatable bonds is 7. The van der Waals surface area contributed by atoms with Gasteiger partial charge in [-0.05, 0) is 56.0 Å². The van der Waals surface area contributed by atoms with E-state index in [9.17, 15) is 14.3 Å². The van der Waals surface area contributed by atoms with Gasteiger partial charge in [-0.2, -0.15) is 4.99 Å². The number of fused-ring (bicyclic) bond motifs is 2. The Balaban J connectivity index is 1.51. The lowest BCUT2D eigenvalue weighted by Crippen LogP contribution is -2.44. The third-order valence-electron chi connectivity index (χ3n) is 6.49. The molecule has 1 N–H and O–H groups in total. The molecule has 2 amide bonds. The van der Waals surface area contributed by atoms with E-state index in [1.54, 1.807) is 28.0 Å². The molecule has 0 aromatic heterocycles. The number of carbonyl (C=O) groups is 1. The van der Waals surface area contributed by atoms with Gasteiger partial charge in [0.15, 0.2) is 17.8 Å². The average Bonchev–Trinajstić information content (AvgIpc) is 3.64. The Morgan fingerprint density at radius 2 is 2.00 bits per heavy atom. The largest absolute Gasteiger partial charge is 0.440 e. The van der Waals surface area contributed by atoms with Crippen LogP contribution in [0, 0.1) is 11.7 Å². The first-order valence-corrected chi connectivity index (χ1v) is 12.2. The normalized spacial score (nSPS) is 23.5. The second-order valence-electron chi connectivity index (χ2n) is 8.81. The van der Waals surface area contributed by atoms with E-state index in [-0.39, 0.29) is 36.6 Å². The van der Waals surface area contributed by atoms with Crippen LogP contribution in [0.2, 0.25) is 5.02 Å². The molecule has 5 rings (SSSR count). The van der Waals surface area contributed by atoms with Gasteiger partial charge in [-0.3, -0.25) is 9.80 Å². The molecule has 2 aromatic carbocycles. The van der Waals surface area contributed by atoms with Crippen LogP contribution < -0.4 is 4.74 Å². The summed E-state index contributed by atoms with van der Waals surface area (Å²) in [5.41, 5.74) is 1.99. The Kier molecular flexibility index (Phi) is 6.77. The van der Waals surface area contributed by atoms with E-state index in [1.165, 1.54) is 6.07 Å². The number of nitrogens with zero attached hydrogens (tertiary/aromatic N) is 3. The van der Waals surface area contributed by atoms with Crippen LogP contribution in [0.4, 0.5) is 9.18 Å². The molecule has 184 valence electrons. The van der Waals surface area contributed by atoms with Gasteiger partial charge in [0.05, 0.1) is 0 Å². The number of urea groups is 1. The van der Waals surface area contributed by atoms with Crippen LogP contribution in [0.3, 0.4) is 0 Å². The molecule has 7 nitrogen and oxygen atoms in total. The third-order valence-corrected chi connectivity index (χ3v) is 6.74. The first-order chi connectivity index (χ1) is 17.0. The molecule has 0 bridgehead atoms. The van der Waals surface area contributed by atoms with Crippen LogP contribution in [-0.2, 0) is 11.2 Å². The number of hydrogen-bond donors (Lipinski definition) is 1. The van der Waals surface area contributed by atoms with Gasteiger partial charge >= 0.3 is 6.03 Å². The van der Waals surface area contributed by atoms with Gasteiger partial charge in [-0.25, -0.2) is 9.18 Å². The van der Waals surface area contributed by atoms with Crippen LogP contribution in [-0.4, -0.2) is 58.9 Å². The van der Waals surface area contributed by atoms with Crippen LogP contribution in [0.1, 0.15) is 25.3 Å². The summed E-state index contributed by atoms with van der Waals surface area (Å²) in [6, 6.07) is 13.6. The van der Waals surface area contributed by atoms with Gasteiger partial charge in [-0.15, -0.1) is 0 Å². The Morgan fingerprint density at radius 3 is 2.71 bits per heavy atom. The molecule has 1 fully saturated rings. The molecule has 3 aliphatic heterocycles. The second kappa shape index (κ2) is 9.97. The first-order valence-electron chi connectivity index (χ1n) is 11.8. The summed E-state index contributed by atoms with van der Waals surface area (Å²) in [5, 5.41) is 9.94. The van der Waals surface area contributed by atoms with Crippen LogP contribution in [0.15, 0.2) is 64.9 Å². The summed E-state index contributed by atoms with van der Waals surface area (Å²) < 4.78 is 26.4. The van der Waals surface area contributed by atoms with Crippen molar-refractivity contribution >= 4 is 23.5 Å². The van der Waals surface area contributed by atoms with E-state index in [1.807, 2.05) is 31.2 Å². The number of aliphatic hydroxyl groups excluding tert-OH is 1. The summed E-state index contributed by atoms with van der Waals surface area (Å²) in [6.07, 6.45) is 1.01. The molecule has 0 aliphatic carbocycles. The van der Waals surface area contributed by atoms with E-state index >= 15 is 0 Å². The van der Waals surface area contributed by atoms with Crippen molar-refractivity contribution in [1.29, 1.82) is 0 Å². The first kappa shape index (κ1) is 23.8. The van der Waals surface area contributed by atoms with Crippen molar-refractivity contribution in [2.75, 3.05) is 19.7 Å². The van der Waals surface area contributed by atoms with E-state index in [2.05, 4.69) is 0 Å². The van der Waals surface area contributed by atoms with Crippen LogP contribution in [0.5, 0.6) is 5.75 Å². The molecular weight excluding hydrogens is 473 g/mol. The van der Waals surface area contributed by atoms with E-state index in [0.717, 1.165) is 11.1 Å². The second-order valence-corrected chi connectivity index (χ2v) is 9.24. The number of benzene rings is 2. The highest BCUT2D eigenvalue weighted by atomic mass is 35.5. The summed E-state index contributed by atoms with van der Waals surface area (Å²) in [5.74, 6) is 0.290. The fourth-order valence-corrected chi connectivity index (χ4v) is 4.82. The van der Waals surface area contributed by atoms with E-state index < -0.39 is 5.82 Å². The molecular formula is C26H27ClFN3O4. The predicted molar refractivity (Wildman–Crippen MR) is 130 cm³/mol. The van der Waals surface area contributed by atoms with E-state index in [0.29, 0.717) is 49.1 Å². The molecule has 0 spiro atoms. The third kappa shape index (κ3) is 4.78. The molecule has 3 unspecified atom stereocenters. The Bertz CT molecular complexity index is 1170. The Labute approximate surface area is 208 Å². The quantitative estimate of drug-likeness (QED) is 0.565. The summed E-state index contributed by atoms with van der Waals surface area (Å²) >= 11 is 6.07. The van der Waals surface area contributed by atoms with Crippen molar-refractivity contribution in [3.8, 4) is 5.75 Å². The van der Waals surface area contributed by atoms with Gasteiger partial charge in [0.2, 0.25) is 5.90 Å². The zero-order valence-corrected chi connectivity index (χ0v) is 20.1. The Morgan fingerprint density at radius 1 is 1.23 bits per heavy atom. The highest BCUT2D eigenvalue weighted by molar-refractivity contribution is 6.30. The summed E-state index contributed by atoms with van der Waals surface area (Å²) in [6.45, 7) is 2.68. The number of carbonyl (C=O) groups excluding carboxylic acids is 1. The zero-order chi connectivity index (χ0) is 24.5. The van der Waals surface area contributed by atoms with Crippen LogP contribution >= 0.6 is 11.6 Å². The van der Waals surface area contributed by atoms with Crippen molar-refractivity contribution in [3.05, 3.63) is 76.3 Å². The minimum atomic E-state index is -0.481. The molecule has 1 saturated heterocycles. The molecule has 0 saturated carbocycles. The number of aliphatic hydroxyl groups is 1. The molecule has 3 aliphatic rings. The molecule has 9 heteroatoms. The van der Waals surface area contributed by atoms with Gasteiger partial charge in [0, 0.05) is 36.2 Å². The van der Waals surface area contributed by atoms with Gasteiger partial charge in [-0.1, -0.05) is 35.9 Å². The lowest BCUT2D eigenvalue weighted by atomic mass is 9.88. The van der Waals surface area contributed by atoms with Gasteiger partial charge in [0.25, 0.3) is 0 Å². The molecule has 3 atom stereocenters. The highest BCUT2D eigenvalue weighted by Gasteiger charge is 2.54. The number of halogens is 2. The highest BCUT2D eigenvalue weighted by Crippen LogP contribution is 2.44.